The fraction of sp³-hybridized carbons (Fsp3) is 0.737. The Labute approximate surface area is 148 Å². The molecule has 1 aromatic heterocycles. The first-order chi connectivity index (χ1) is 12.1. The lowest BCUT2D eigenvalue weighted by atomic mass is 9.88. The van der Waals surface area contributed by atoms with E-state index < -0.39 is 0 Å². The summed E-state index contributed by atoms with van der Waals surface area (Å²) in [5, 5.41) is 3.86. The van der Waals surface area contributed by atoms with Crippen molar-refractivity contribution >= 4 is 5.91 Å². The van der Waals surface area contributed by atoms with Gasteiger partial charge in [0.25, 0.3) is 5.89 Å². The number of rotatable bonds is 3. The minimum atomic E-state index is -0.117. The lowest BCUT2D eigenvalue weighted by Gasteiger charge is -2.39. The van der Waals surface area contributed by atoms with Gasteiger partial charge in [-0.1, -0.05) is 16.8 Å². The average molecular weight is 345 g/mol. The summed E-state index contributed by atoms with van der Waals surface area (Å²) in [7, 11) is 0. The number of hydrogen-bond acceptors (Lipinski definition) is 5. The number of amides is 1. The molecule has 2 saturated heterocycles. The highest BCUT2D eigenvalue weighted by atomic mass is 16.5. The molecule has 0 aromatic carbocycles. The van der Waals surface area contributed by atoms with E-state index in [2.05, 4.69) is 16.2 Å². The molecular formula is C19H27N3O3. The maximum atomic E-state index is 12.6. The van der Waals surface area contributed by atoms with Crippen molar-refractivity contribution < 1.29 is 14.1 Å². The van der Waals surface area contributed by atoms with Crippen LogP contribution >= 0.6 is 0 Å². The highest BCUT2D eigenvalue weighted by Crippen LogP contribution is 2.44. The zero-order valence-electron chi connectivity index (χ0n) is 15.0. The number of nitrogens with zero attached hydrogens (tertiary/aromatic N) is 3. The van der Waals surface area contributed by atoms with Gasteiger partial charge in [-0.25, -0.2) is 0 Å². The Hall–Kier alpha value is -1.69. The quantitative estimate of drug-likeness (QED) is 0.785. The number of ether oxygens (including phenoxy) is 1. The Bertz CT molecular complexity index is 659. The highest BCUT2D eigenvalue weighted by molar-refractivity contribution is 5.78. The van der Waals surface area contributed by atoms with Crippen LogP contribution in [0.25, 0.3) is 0 Å². The molecule has 1 spiro atoms. The minimum Gasteiger partial charge on any atom is -0.362 e. The third-order valence-corrected chi connectivity index (χ3v) is 5.86. The molecular weight excluding hydrogens is 318 g/mol. The van der Waals surface area contributed by atoms with Gasteiger partial charge in [-0.2, -0.15) is 4.98 Å². The summed E-state index contributed by atoms with van der Waals surface area (Å²) in [6.45, 7) is 3.41. The molecule has 25 heavy (non-hydrogen) atoms. The topological polar surface area (TPSA) is 68.5 Å². The Balaban J connectivity index is 1.31. The Morgan fingerprint density at radius 2 is 2.16 bits per heavy atom. The monoisotopic (exact) mass is 345 g/mol. The second-order valence-corrected chi connectivity index (χ2v) is 7.67. The van der Waals surface area contributed by atoms with E-state index in [-0.39, 0.29) is 17.6 Å². The van der Waals surface area contributed by atoms with Crippen LogP contribution in [0.2, 0.25) is 0 Å². The molecule has 3 heterocycles. The number of carbonyl (C=O) groups excluding carboxylic acids is 1. The van der Waals surface area contributed by atoms with Crippen LogP contribution in [0, 0.1) is 6.92 Å². The molecule has 136 valence electrons. The average Bonchev–Trinajstić information content (AvgIpc) is 3.23. The van der Waals surface area contributed by atoms with Crippen molar-refractivity contribution in [2.45, 2.75) is 76.4 Å². The molecule has 3 aliphatic rings. The van der Waals surface area contributed by atoms with Crippen molar-refractivity contribution in [1.82, 2.24) is 15.0 Å². The summed E-state index contributed by atoms with van der Waals surface area (Å²) < 4.78 is 11.6. The Morgan fingerprint density at radius 1 is 1.32 bits per heavy atom. The predicted octanol–water partition coefficient (Wildman–Crippen LogP) is 3.48. The SMILES string of the molecule is Cc1noc([C@@H]2CCC3(CCN(C(=O)CC4=CCCCC4)CC3)O2)n1. The number of allylic oxidation sites excluding steroid dienone is 1. The van der Waals surface area contributed by atoms with Crippen LogP contribution in [0.5, 0.6) is 0 Å². The van der Waals surface area contributed by atoms with Crippen LogP contribution in [-0.2, 0) is 9.53 Å². The highest BCUT2D eigenvalue weighted by Gasteiger charge is 2.45. The van der Waals surface area contributed by atoms with Gasteiger partial charge in [-0.15, -0.1) is 0 Å². The first-order valence-corrected chi connectivity index (χ1v) is 9.57. The number of piperidine rings is 1. The molecule has 2 aliphatic heterocycles. The zero-order valence-corrected chi connectivity index (χ0v) is 15.0. The Kier molecular flexibility index (Phi) is 4.63. The van der Waals surface area contributed by atoms with Gasteiger partial charge >= 0.3 is 0 Å². The normalized spacial score (nSPS) is 26.0. The molecule has 0 N–H and O–H groups in total. The fourth-order valence-corrected chi connectivity index (χ4v) is 4.33. The lowest BCUT2D eigenvalue weighted by Crippen LogP contribution is -2.46. The third kappa shape index (κ3) is 3.64. The van der Waals surface area contributed by atoms with Crippen molar-refractivity contribution in [3.8, 4) is 0 Å². The second kappa shape index (κ2) is 6.90. The summed E-state index contributed by atoms with van der Waals surface area (Å²) in [6, 6.07) is 0. The van der Waals surface area contributed by atoms with E-state index in [0.29, 0.717) is 18.1 Å². The molecule has 6 heteroatoms. The lowest BCUT2D eigenvalue weighted by molar-refractivity contribution is -0.137. The van der Waals surface area contributed by atoms with Crippen LogP contribution < -0.4 is 0 Å². The van der Waals surface area contributed by atoms with Gasteiger partial charge in [-0.3, -0.25) is 4.79 Å². The number of aryl methyl sites for hydroxylation is 1. The molecule has 0 unspecified atom stereocenters. The molecule has 0 bridgehead atoms. The first kappa shape index (κ1) is 16.8. The van der Waals surface area contributed by atoms with Crippen LogP contribution in [0.3, 0.4) is 0 Å². The summed E-state index contributed by atoms with van der Waals surface area (Å²) >= 11 is 0. The maximum absolute atomic E-state index is 12.6. The predicted molar refractivity (Wildman–Crippen MR) is 91.8 cm³/mol. The number of hydrogen-bond donors (Lipinski definition) is 0. The summed E-state index contributed by atoms with van der Waals surface area (Å²) in [5.41, 5.74) is 1.22. The summed E-state index contributed by atoms with van der Waals surface area (Å²) in [4.78, 5) is 18.9. The van der Waals surface area contributed by atoms with Crippen LogP contribution in [-0.4, -0.2) is 39.6 Å². The standard InChI is InChI=1S/C19H27N3O3/c1-14-20-18(25-21-14)16-7-8-19(24-16)9-11-22(12-10-19)17(23)13-15-5-3-2-4-6-15/h5,16H,2-4,6-13H2,1H3/t16-/m0/s1. The molecule has 1 atom stereocenters. The first-order valence-electron chi connectivity index (χ1n) is 9.57. The zero-order chi connectivity index (χ0) is 17.3. The van der Waals surface area contributed by atoms with Crippen LogP contribution in [0.15, 0.2) is 16.2 Å². The van der Waals surface area contributed by atoms with Crippen LogP contribution in [0.4, 0.5) is 0 Å². The van der Waals surface area contributed by atoms with Crippen molar-refractivity contribution in [1.29, 1.82) is 0 Å². The van der Waals surface area contributed by atoms with E-state index in [9.17, 15) is 4.79 Å². The van der Waals surface area contributed by atoms with Gasteiger partial charge in [0.1, 0.15) is 6.10 Å². The molecule has 0 radical (unpaired) electrons. The van der Waals surface area contributed by atoms with Crippen molar-refractivity contribution in [2.75, 3.05) is 13.1 Å². The van der Waals surface area contributed by atoms with E-state index in [0.717, 1.165) is 51.6 Å². The maximum Gasteiger partial charge on any atom is 0.255 e. The molecule has 1 aliphatic carbocycles. The molecule has 1 aromatic rings. The molecule has 4 rings (SSSR count). The minimum absolute atomic E-state index is 0.0872. The van der Waals surface area contributed by atoms with Crippen molar-refractivity contribution in [3.63, 3.8) is 0 Å². The van der Waals surface area contributed by atoms with E-state index in [1.54, 1.807) is 0 Å². The van der Waals surface area contributed by atoms with Gasteiger partial charge in [0, 0.05) is 19.5 Å². The third-order valence-electron chi connectivity index (χ3n) is 5.86. The number of carbonyl (C=O) groups is 1. The summed E-state index contributed by atoms with van der Waals surface area (Å²) in [6.07, 6.45) is 11.2. The number of aromatic nitrogens is 2. The largest absolute Gasteiger partial charge is 0.362 e. The van der Waals surface area contributed by atoms with Gasteiger partial charge in [0.15, 0.2) is 5.82 Å². The smallest absolute Gasteiger partial charge is 0.255 e. The van der Waals surface area contributed by atoms with E-state index in [1.807, 2.05) is 11.8 Å². The molecule has 1 amide bonds. The van der Waals surface area contributed by atoms with Crippen molar-refractivity contribution in [3.05, 3.63) is 23.4 Å². The van der Waals surface area contributed by atoms with Crippen LogP contribution in [0.1, 0.15) is 75.6 Å². The summed E-state index contributed by atoms with van der Waals surface area (Å²) in [5.74, 6) is 1.53. The van der Waals surface area contributed by atoms with E-state index >= 15 is 0 Å². The fourth-order valence-electron chi connectivity index (χ4n) is 4.33. The molecule has 6 nitrogen and oxygen atoms in total. The molecule has 0 saturated carbocycles. The Morgan fingerprint density at radius 3 is 2.84 bits per heavy atom. The molecule has 2 fully saturated rings. The van der Waals surface area contributed by atoms with Gasteiger partial charge in [0.05, 0.1) is 5.60 Å². The van der Waals surface area contributed by atoms with E-state index in [4.69, 9.17) is 9.26 Å². The van der Waals surface area contributed by atoms with Gasteiger partial charge < -0.3 is 14.2 Å². The van der Waals surface area contributed by atoms with Gasteiger partial charge in [-0.05, 0) is 58.3 Å². The van der Waals surface area contributed by atoms with Gasteiger partial charge in [0.2, 0.25) is 5.91 Å². The number of likely N-dealkylation sites (tertiary alicyclic amines) is 1. The van der Waals surface area contributed by atoms with E-state index in [1.165, 1.54) is 18.4 Å². The van der Waals surface area contributed by atoms with Crippen molar-refractivity contribution in [2.24, 2.45) is 0 Å². The second-order valence-electron chi connectivity index (χ2n) is 7.67.